The van der Waals surface area contributed by atoms with Gasteiger partial charge in [0.25, 0.3) is 5.56 Å². The minimum atomic E-state index is -0.205. The maximum absolute atomic E-state index is 12.1. The van der Waals surface area contributed by atoms with Crippen LogP contribution >= 0.6 is 11.6 Å². The monoisotopic (exact) mass is 326 g/mol. The number of benzene rings is 2. The lowest BCUT2D eigenvalue weighted by Gasteiger charge is -2.04. The van der Waals surface area contributed by atoms with Gasteiger partial charge in [0.1, 0.15) is 5.75 Å². The lowest BCUT2D eigenvalue weighted by Crippen LogP contribution is -2.10. The number of nitrogens with one attached hydrogen (secondary N) is 1. The molecule has 0 bridgehead atoms. The second-order valence-corrected chi connectivity index (χ2v) is 5.33. The topological polar surface area (TPSA) is 55.0 Å². The number of nitrogens with zero attached hydrogens (tertiary/aromatic N) is 1. The van der Waals surface area contributed by atoms with E-state index in [1.54, 1.807) is 24.3 Å². The molecule has 0 fully saturated rings. The predicted molar refractivity (Wildman–Crippen MR) is 93.7 cm³/mol. The van der Waals surface area contributed by atoms with Crippen molar-refractivity contribution in [3.8, 4) is 5.75 Å². The van der Waals surface area contributed by atoms with Crippen molar-refractivity contribution in [2.24, 2.45) is 0 Å². The molecule has 3 aromatic rings. The van der Waals surface area contributed by atoms with Crippen LogP contribution in [0.2, 0.25) is 0 Å². The Bertz CT molecular complexity index is 914. The summed E-state index contributed by atoms with van der Waals surface area (Å²) in [6, 6.07) is 14.7. The number of rotatable bonds is 4. The lowest BCUT2D eigenvalue weighted by molar-refractivity contribution is 0.340. The lowest BCUT2D eigenvalue weighted by atomic mass is 10.2. The van der Waals surface area contributed by atoms with Crippen molar-refractivity contribution >= 4 is 33.6 Å². The van der Waals surface area contributed by atoms with Crippen molar-refractivity contribution in [1.82, 2.24) is 9.97 Å². The fraction of sp³-hybridized carbons (Fsp3) is 0.111. The third-order valence-electron chi connectivity index (χ3n) is 3.32. The first-order valence-electron chi connectivity index (χ1n) is 7.27. The van der Waals surface area contributed by atoms with Crippen LogP contribution in [-0.2, 0) is 0 Å². The number of fused-ring (bicyclic) bond motifs is 1. The third kappa shape index (κ3) is 3.43. The Labute approximate surface area is 138 Å². The van der Waals surface area contributed by atoms with Crippen LogP contribution in [0.1, 0.15) is 18.3 Å². The van der Waals surface area contributed by atoms with E-state index in [4.69, 9.17) is 16.3 Å². The second-order valence-electron chi connectivity index (χ2n) is 4.93. The summed E-state index contributed by atoms with van der Waals surface area (Å²) in [7, 11) is 0. The van der Waals surface area contributed by atoms with Crippen molar-refractivity contribution < 1.29 is 4.74 Å². The van der Waals surface area contributed by atoms with E-state index >= 15 is 0 Å². The highest BCUT2D eigenvalue weighted by molar-refractivity contribution is 6.50. The molecule has 23 heavy (non-hydrogen) atoms. The van der Waals surface area contributed by atoms with Gasteiger partial charge in [-0.3, -0.25) is 4.79 Å². The number of aromatic amines is 1. The minimum absolute atomic E-state index is 0.205. The molecule has 2 aromatic carbocycles. The van der Waals surface area contributed by atoms with Crippen LogP contribution in [0.25, 0.3) is 22.0 Å². The van der Waals surface area contributed by atoms with E-state index in [0.29, 0.717) is 28.4 Å². The highest BCUT2D eigenvalue weighted by Crippen LogP contribution is 2.21. The molecule has 0 aliphatic carbocycles. The zero-order valence-corrected chi connectivity index (χ0v) is 13.3. The Kier molecular flexibility index (Phi) is 4.44. The van der Waals surface area contributed by atoms with Gasteiger partial charge in [-0.05, 0) is 42.8 Å². The van der Waals surface area contributed by atoms with Gasteiger partial charge in [0.15, 0.2) is 5.82 Å². The van der Waals surface area contributed by atoms with E-state index in [9.17, 15) is 4.79 Å². The number of H-pyrrole nitrogens is 1. The van der Waals surface area contributed by atoms with Gasteiger partial charge in [0.05, 0.1) is 22.5 Å². The first-order chi connectivity index (χ1) is 11.2. The standard InChI is InChI=1S/C18H15ClN2O2/c1-2-23-13-9-7-12(8-10-13)11-15(19)17-20-16-6-4-3-5-14(16)18(22)21-17/h3-11H,2H2,1H3,(H,20,21,22)/b15-11-. The molecule has 0 amide bonds. The summed E-state index contributed by atoms with van der Waals surface area (Å²) >= 11 is 6.31. The van der Waals surface area contributed by atoms with Gasteiger partial charge >= 0.3 is 0 Å². The zero-order valence-electron chi connectivity index (χ0n) is 12.5. The van der Waals surface area contributed by atoms with Gasteiger partial charge in [0, 0.05) is 0 Å². The molecule has 0 spiro atoms. The van der Waals surface area contributed by atoms with Crippen molar-refractivity contribution in [3.05, 3.63) is 70.3 Å². The maximum atomic E-state index is 12.1. The average molecular weight is 327 g/mol. The second kappa shape index (κ2) is 6.67. The third-order valence-corrected chi connectivity index (χ3v) is 3.61. The Hall–Kier alpha value is -2.59. The van der Waals surface area contributed by atoms with Gasteiger partial charge in [-0.15, -0.1) is 0 Å². The van der Waals surface area contributed by atoms with Gasteiger partial charge in [-0.25, -0.2) is 4.98 Å². The number of para-hydroxylation sites is 1. The van der Waals surface area contributed by atoms with Crippen LogP contribution in [0.4, 0.5) is 0 Å². The number of hydrogen-bond donors (Lipinski definition) is 1. The summed E-state index contributed by atoms with van der Waals surface area (Å²) in [5.41, 5.74) is 1.31. The molecule has 0 aliphatic heterocycles. The normalized spacial score (nSPS) is 11.7. The molecule has 0 unspecified atom stereocenters. The van der Waals surface area contributed by atoms with Gasteiger partial charge in [-0.1, -0.05) is 35.9 Å². The Morgan fingerprint density at radius 3 is 2.70 bits per heavy atom. The summed E-state index contributed by atoms with van der Waals surface area (Å²) in [5, 5.41) is 0.916. The largest absolute Gasteiger partial charge is 0.494 e. The molecule has 0 saturated heterocycles. The molecule has 4 nitrogen and oxygen atoms in total. The molecular weight excluding hydrogens is 312 g/mol. The molecule has 0 radical (unpaired) electrons. The molecule has 0 atom stereocenters. The SMILES string of the molecule is CCOc1ccc(/C=C(\Cl)c2nc3ccccc3c(=O)[nH]2)cc1. The number of ether oxygens (including phenoxy) is 1. The zero-order chi connectivity index (χ0) is 16.2. The Balaban J connectivity index is 1.95. The maximum Gasteiger partial charge on any atom is 0.259 e. The highest BCUT2D eigenvalue weighted by Gasteiger charge is 2.06. The fourth-order valence-corrected chi connectivity index (χ4v) is 2.46. The van der Waals surface area contributed by atoms with E-state index in [0.717, 1.165) is 11.3 Å². The van der Waals surface area contributed by atoms with Gasteiger partial charge < -0.3 is 9.72 Å². The molecule has 1 aromatic heterocycles. The van der Waals surface area contributed by atoms with Crippen molar-refractivity contribution in [2.45, 2.75) is 6.92 Å². The molecule has 0 saturated carbocycles. The minimum Gasteiger partial charge on any atom is -0.494 e. The van der Waals surface area contributed by atoms with Crippen molar-refractivity contribution in [3.63, 3.8) is 0 Å². The Morgan fingerprint density at radius 1 is 1.22 bits per heavy atom. The molecule has 0 aliphatic rings. The van der Waals surface area contributed by atoms with E-state index in [2.05, 4.69) is 9.97 Å². The van der Waals surface area contributed by atoms with Gasteiger partial charge in [-0.2, -0.15) is 0 Å². The summed E-state index contributed by atoms with van der Waals surface area (Å²) in [6.07, 6.45) is 1.75. The van der Waals surface area contributed by atoms with Crippen LogP contribution in [0, 0.1) is 0 Å². The number of halogens is 1. The Morgan fingerprint density at radius 2 is 1.96 bits per heavy atom. The van der Waals surface area contributed by atoms with Crippen LogP contribution in [0.5, 0.6) is 5.75 Å². The van der Waals surface area contributed by atoms with Crippen LogP contribution in [-0.4, -0.2) is 16.6 Å². The summed E-state index contributed by atoms with van der Waals surface area (Å²) in [6.45, 7) is 2.56. The molecule has 116 valence electrons. The molecular formula is C18H15ClN2O2. The number of aromatic nitrogens is 2. The average Bonchev–Trinajstić information content (AvgIpc) is 2.57. The quantitative estimate of drug-likeness (QED) is 0.786. The van der Waals surface area contributed by atoms with Crippen LogP contribution in [0.15, 0.2) is 53.3 Å². The summed E-state index contributed by atoms with van der Waals surface area (Å²) in [5.74, 6) is 1.15. The number of hydrogen-bond acceptors (Lipinski definition) is 3. The molecule has 1 heterocycles. The van der Waals surface area contributed by atoms with E-state index in [1.165, 1.54) is 0 Å². The van der Waals surface area contributed by atoms with Gasteiger partial charge in [0.2, 0.25) is 0 Å². The van der Waals surface area contributed by atoms with E-state index in [-0.39, 0.29) is 5.56 Å². The van der Waals surface area contributed by atoms with E-state index in [1.807, 2.05) is 37.3 Å². The predicted octanol–water partition coefficient (Wildman–Crippen LogP) is 4.06. The molecule has 3 rings (SSSR count). The summed E-state index contributed by atoms with van der Waals surface area (Å²) in [4.78, 5) is 19.2. The molecule has 1 N–H and O–H groups in total. The van der Waals surface area contributed by atoms with E-state index < -0.39 is 0 Å². The first-order valence-corrected chi connectivity index (χ1v) is 7.64. The van der Waals surface area contributed by atoms with Crippen LogP contribution in [0.3, 0.4) is 0 Å². The van der Waals surface area contributed by atoms with Crippen molar-refractivity contribution in [1.29, 1.82) is 0 Å². The first kappa shape index (κ1) is 15.3. The smallest absolute Gasteiger partial charge is 0.259 e. The van der Waals surface area contributed by atoms with Crippen molar-refractivity contribution in [2.75, 3.05) is 6.61 Å². The van der Waals surface area contributed by atoms with Crippen LogP contribution < -0.4 is 10.3 Å². The summed E-state index contributed by atoms with van der Waals surface area (Å²) < 4.78 is 5.40. The molecule has 5 heteroatoms. The highest BCUT2D eigenvalue weighted by atomic mass is 35.5. The fourth-order valence-electron chi connectivity index (χ4n) is 2.24.